The molecular weight excluding hydrogens is 304 g/mol. The minimum Gasteiger partial charge on any atom is -0.435 e. The molecule has 2 saturated heterocycles. The molecule has 134 valence electrons. The van der Waals surface area contributed by atoms with Crippen LogP contribution in [0, 0.1) is 39.9 Å². The fourth-order valence-corrected chi connectivity index (χ4v) is 8.19. The molecule has 5 fully saturated rings. The molecule has 0 radical (unpaired) electrons. The first-order chi connectivity index (χ1) is 11.3. The molecule has 0 amide bonds. The van der Waals surface area contributed by atoms with Crippen molar-refractivity contribution in [2.75, 3.05) is 0 Å². The first kappa shape index (κ1) is 15.6. The Morgan fingerprint density at radius 1 is 1.04 bits per heavy atom. The van der Waals surface area contributed by atoms with E-state index in [1.807, 2.05) is 0 Å². The van der Waals surface area contributed by atoms with E-state index in [1.165, 1.54) is 19.3 Å². The van der Waals surface area contributed by atoms with Crippen molar-refractivity contribution < 1.29 is 19.4 Å². The monoisotopic (exact) mass is 334 g/mol. The van der Waals surface area contributed by atoms with Gasteiger partial charge in [0.25, 0.3) is 0 Å². The zero-order valence-electron chi connectivity index (χ0n) is 15.1. The number of hydrogen-bond donors (Lipinski definition) is 1. The van der Waals surface area contributed by atoms with Gasteiger partial charge in [0.1, 0.15) is 0 Å². The lowest BCUT2D eigenvalue weighted by molar-refractivity contribution is -0.241. The lowest BCUT2D eigenvalue weighted by Gasteiger charge is -2.65. The Bertz CT molecular complexity index is 586. The summed E-state index contributed by atoms with van der Waals surface area (Å²) in [5.41, 5.74) is 0.353. The molecule has 3 aliphatic carbocycles. The SMILES string of the molecule is CC1(C)CCC[C@@]2(C)C1CC[C@@]13C2CC[C@H]2C(=O)OC(O[C@H]1O)[C@H]23. The molecule has 1 N–H and O–H groups in total. The molecule has 4 heteroatoms. The molecule has 8 atom stereocenters. The van der Waals surface area contributed by atoms with E-state index >= 15 is 0 Å². The van der Waals surface area contributed by atoms with Gasteiger partial charge in [-0.15, -0.1) is 0 Å². The van der Waals surface area contributed by atoms with Crippen molar-refractivity contribution in [3.8, 4) is 0 Å². The van der Waals surface area contributed by atoms with Gasteiger partial charge in [-0.25, -0.2) is 0 Å². The van der Waals surface area contributed by atoms with E-state index < -0.39 is 12.6 Å². The summed E-state index contributed by atoms with van der Waals surface area (Å²) in [5, 5.41) is 10.9. The summed E-state index contributed by atoms with van der Waals surface area (Å²) in [4.78, 5) is 12.3. The van der Waals surface area contributed by atoms with E-state index in [0.29, 0.717) is 17.3 Å². The van der Waals surface area contributed by atoms with Crippen molar-refractivity contribution in [3.63, 3.8) is 0 Å². The molecule has 1 spiro atoms. The molecule has 4 nitrogen and oxygen atoms in total. The van der Waals surface area contributed by atoms with Gasteiger partial charge >= 0.3 is 5.97 Å². The summed E-state index contributed by atoms with van der Waals surface area (Å²) in [6.45, 7) is 7.35. The molecule has 3 unspecified atom stereocenters. The second kappa shape index (κ2) is 4.56. The second-order valence-electron chi connectivity index (χ2n) is 10.1. The minimum absolute atomic E-state index is 0.0554. The lowest BCUT2D eigenvalue weighted by Crippen LogP contribution is -2.62. The first-order valence-electron chi connectivity index (χ1n) is 9.85. The molecule has 5 rings (SSSR count). The summed E-state index contributed by atoms with van der Waals surface area (Å²) < 4.78 is 11.3. The van der Waals surface area contributed by atoms with Gasteiger partial charge in [0.05, 0.1) is 5.92 Å². The highest BCUT2D eigenvalue weighted by Crippen LogP contribution is 2.73. The van der Waals surface area contributed by atoms with Gasteiger partial charge in [0.15, 0.2) is 6.29 Å². The average Bonchev–Trinajstić information content (AvgIpc) is 2.96. The highest BCUT2D eigenvalue weighted by atomic mass is 16.8. The highest BCUT2D eigenvalue weighted by molar-refractivity contribution is 5.75. The van der Waals surface area contributed by atoms with Crippen LogP contribution in [0.4, 0.5) is 0 Å². The van der Waals surface area contributed by atoms with Crippen molar-refractivity contribution in [2.24, 2.45) is 39.9 Å². The molecular formula is C20H30O4. The summed E-state index contributed by atoms with van der Waals surface area (Å²) >= 11 is 0. The maximum absolute atomic E-state index is 12.3. The van der Waals surface area contributed by atoms with Gasteiger partial charge in [0.2, 0.25) is 6.29 Å². The van der Waals surface area contributed by atoms with Crippen LogP contribution < -0.4 is 0 Å². The van der Waals surface area contributed by atoms with Crippen LogP contribution in [0.1, 0.15) is 65.7 Å². The third-order valence-corrected chi connectivity index (χ3v) is 8.96. The van der Waals surface area contributed by atoms with Crippen molar-refractivity contribution in [1.29, 1.82) is 0 Å². The predicted molar refractivity (Wildman–Crippen MR) is 87.6 cm³/mol. The van der Waals surface area contributed by atoms with Crippen molar-refractivity contribution >= 4 is 5.97 Å². The normalized spacial score (nSPS) is 57.8. The van der Waals surface area contributed by atoms with E-state index in [2.05, 4.69) is 20.8 Å². The maximum Gasteiger partial charge on any atom is 0.311 e. The van der Waals surface area contributed by atoms with Crippen LogP contribution in [-0.2, 0) is 14.3 Å². The third kappa shape index (κ3) is 1.61. The van der Waals surface area contributed by atoms with Crippen LogP contribution in [0.5, 0.6) is 0 Å². The van der Waals surface area contributed by atoms with E-state index in [9.17, 15) is 9.90 Å². The fourth-order valence-electron chi connectivity index (χ4n) is 8.19. The number of esters is 1. The van der Waals surface area contributed by atoms with Gasteiger partial charge in [-0.3, -0.25) is 4.79 Å². The van der Waals surface area contributed by atoms with Gasteiger partial charge in [-0.2, -0.15) is 0 Å². The van der Waals surface area contributed by atoms with E-state index in [1.54, 1.807) is 0 Å². The van der Waals surface area contributed by atoms with Crippen molar-refractivity contribution in [1.82, 2.24) is 0 Å². The van der Waals surface area contributed by atoms with Crippen molar-refractivity contribution in [3.05, 3.63) is 0 Å². The number of carbonyl (C=O) groups excluding carboxylic acids is 1. The topological polar surface area (TPSA) is 55.8 Å². The van der Waals surface area contributed by atoms with Crippen LogP contribution >= 0.6 is 0 Å². The fraction of sp³-hybridized carbons (Fsp3) is 0.950. The molecule has 5 aliphatic rings. The Morgan fingerprint density at radius 3 is 2.62 bits per heavy atom. The average molecular weight is 334 g/mol. The standard InChI is InChI=1S/C20H30O4/c1-18(2)8-4-9-19(3)12(18)7-10-20-13(19)6-5-11-14(20)16(23-15(11)21)24-17(20)22/h11-14,16-17,22H,4-10H2,1-3H3/t11-,12?,13?,14+,16?,17-,19+,20+/m1/s1. The number of carbonyl (C=O) groups is 1. The summed E-state index contributed by atoms with van der Waals surface area (Å²) in [6.07, 6.45) is 6.63. The number of fused-ring (bicyclic) bond motifs is 2. The van der Waals surface area contributed by atoms with Crippen LogP contribution in [-0.4, -0.2) is 23.7 Å². The van der Waals surface area contributed by atoms with E-state index in [-0.39, 0.29) is 28.6 Å². The number of aliphatic hydroxyl groups is 1. The first-order valence-corrected chi connectivity index (χ1v) is 9.85. The van der Waals surface area contributed by atoms with Gasteiger partial charge in [0, 0.05) is 11.3 Å². The smallest absolute Gasteiger partial charge is 0.311 e. The third-order valence-electron chi connectivity index (χ3n) is 8.96. The van der Waals surface area contributed by atoms with Gasteiger partial charge < -0.3 is 14.6 Å². The zero-order chi connectivity index (χ0) is 16.9. The Balaban J connectivity index is 1.61. The minimum atomic E-state index is -0.767. The van der Waals surface area contributed by atoms with Crippen LogP contribution in [0.3, 0.4) is 0 Å². The quantitative estimate of drug-likeness (QED) is 0.689. The molecule has 0 bridgehead atoms. The Morgan fingerprint density at radius 2 is 1.83 bits per heavy atom. The predicted octanol–water partition coefficient (Wildman–Crippen LogP) is 3.47. The molecule has 2 aliphatic heterocycles. The Labute approximate surface area is 144 Å². The Kier molecular flexibility index (Phi) is 2.97. The van der Waals surface area contributed by atoms with E-state index in [0.717, 1.165) is 25.7 Å². The molecule has 24 heavy (non-hydrogen) atoms. The highest BCUT2D eigenvalue weighted by Gasteiger charge is 2.74. The maximum atomic E-state index is 12.3. The van der Waals surface area contributed by atoms with Crippen LogP contribution in [0.25, 0.3) is 0 Å². The molecule has 0 aromatic rings. The second-order valence-corrected chi connectivity index (χ2v) is 10.1. The number of rotatable bonds is 0. The van der Waals surface area contributed by atoms with Crippen LogP contribution in [0.15, 0.2) is 0 Å². The molecule has 0 aromatic carbocycles. The molecule has 2 heterocycles. The summed E-state index contributed by atoms with van der Waals surface area (Å²) in [6, 6.07) is 0. The van der Waals surface area contributed by atoms with Crippen LogP contribution in [0.2, 0.25) is 0 Å². The Hall–Kier alpha value is -0.610. The van der Waals surface area contributed by atoms with Gasteiger partial charge in [-0.05, 0) is 61.2 Å². The summed E-state index contributed by atoms with van der Waals surface area (Å²) in [5.74, 6) is 1.07. The van der Waals surface area contributed by atoms with Gasteiger partial charge in [-0.1, -0.05) is 27.2 Å². The molecule has 3 saturated carbocycles. The number of hydrogen-bond acceptors (Lipinski definition) is 4. The lowest BCUT2D eigenvalue weighted by atomic mass is 9.38. The summed E-state index contributed by atoms with van der Waals surface area (Å²) in [7, 11) is 0. The number of aliphatic hydroxyl groups excluding tert-OH is 1. The molecule has 0 aromatic heterocycles. The van der Waals surface area contributed by atoms with E-state index in [4.69, 9.17) is 9.47 Å². The number of ether oxygens (including phenoxy) is 2. The zero-order valence-corrected chi connectivity index (χ0v) is 15.1. The largest absolute Gasteiger partial charge is 0.435 e. The van der Waals surface area contributed by atoms with Crippen molar-refractivity contribution in [2.45, 2.75) is 78.3 Å².